The van der Waals surface area contributed by atoms with Crippen molar-refractivity contribution in [3.8, 4) is 0 Å². The van der Waals surface area contributed by atoms with Gasteiger partial charge in [-0.1, -0.05) is 42.5 Å². The maximum Gasteiger partial charge on any atom is 0.163 e. The molecular formula is C18H25NO3. The second-order valence-corrected chi connectivity index (χ2v) is 6.50. The number of benzene rings is 1. The molecule has 2 aliphatic rings. The Bertz CT molecular complexity index is 514. The van der Waals surface area contributed by atoms with Gasteiger partial charge in [0.25, 0.3) is 0 Å². The molecule has 120 valence electrons. The molecule has 0 bridgehead atoms. The number of hydrogen-bond donors (Lipinski definition) is 2. The highest BCUT2D eigenvalue weighted by atomic mass is 16.8. The Kier molecular flexibility index (Phi) is 4.64. The fourth-order valence-corrected chi connectivity index (χ4v) is 3.36. The van der Waals surface area contributed by atoms with Crippen molar-refractivity contribution in [2.24, 2.45) is 0 Å². The summed E-state index contributed by atoms with van der Waals surface area (Å²) in [6.07, 6.45) is 5.83. The van der Waals surface area contributed by atoms with Gasteiger partial charge in [0, 0.05) is 12.1 Å². The molecular weight excluding hydrogens is 278 g/mol. The van der Waals surface area contributed by atoms with Crippen LogP contribution < -0.4 is 5.32 Å². The molecule has 1 saturated heterocycles. The van der Waals surface area contributed by atoms with Crippen molar-refractivity contribution < 1.29 is 14.6 Å². The molecule has 22 heavy (non-hydrogen) atoms. The average Bonchev–Trinajstić information content (AvgIpc) is 2.70. The third kappa shape index (κ3) is 3.41. The minimum absolute atomic E-state index is 0.0218. The van der Waals surface area contributed by atoms with Crippen LogP contribution in [-0.2, 0) is 9.47 Å². The number of nitrogens with one attached hydrogen (secondary N) is 1. The minimum atomic E-state index is -0.641. The summed E-state index contributed by atoms with van der Waals surface area (Å²) in [4.78, 5) is 0. The van der Waals surface area contributed by atoms with Crippen molar-refractivity contribution in [2.75, 3.05) is 6.61 Å². The third-order valence-corrected chi connectivity index (χ3v) is 4.34. The fourth-order valence-electron chi connectivity index (χ4n) is 3.36. The first kappa shape index (κ1) is 15.7. The topological polar surface area (TPSA) is 50.7 Å². The first-order valence-corrected chi connectivity index (χ1v) is 8.01. The van der Waals surface area contributed by atoms with Crippen LogP contribution >= 0.6 is 0 Å². The van der Waals surface area contributed by atoms with E-state index in [2.05, 4.69) is 41.7 Å². The van der Waals surface area contributed by atoms with E-state index in [1.165, 1.54) is 5.56 Å². The van der Waals surface area contributed by atoms with E-state index in [1.54, 1.807) is 0 Å². The van der Waals surface area contributed by atoms with Crippen molar-refractivity contribution >= 4 is 0 Å². The van der Waals surface area contributed by atoms with Gasteiger partial charge in [0.15, 0.2) is 5.79 Å². The van der Waals surface area contributed by atoms with Crippen LogP contribution in [0.25, 0.3) is 0 Å². The molecule has 2 heterocycles. The van der Waals surface area contributed by atoms with E-state index in [0.29, 0.717) is 0 Å². The molecule has 4 heteroatoms. The fraction of sp³-hybridized carbons (Fsp3) is 0.556. The van der Waals surface area contributed by atoms with Gasteiger partial charge in [-0.05, 0) is 32.3 Å². The maximum absolute atomic E-state index is 9.60. The molecule has 4 nitrogen and oxygen atoms in total. The van der Waals surface area contributed by atoms with Crippen LogP contribution in [0.4, 0.5) is 0 Å². The number of hydrogen-bond acceptors (Lipinski definition) is 4. The largest absolute Gasteiger partial charge is 0.394 e. The molecule has 0 radical (unpaired) electrons. The molecule has 4 atom stereocenters. The standard InChI is InChI=1S/C18H25NO3/c1-18(2)21-16(12-20)17(22-18)15-11-7-6-10-14(19-15)13-8-4-3-5-9-13/h3-9,14-17,19-20H,10-12H2,1-2H3/t14-,15-,16+,17-/m0/s1. The van der Waals surface area contributed by atoms with Gasteiger partial charge < -0.3 is 19.9 Å². The highest BCUT2D eigenvalue weighted by molar-refractivity contribution is 5.21. The maximum atomic E-state index is 9.60. The summed E-state index contributed by atoms with van der Waals surface area (Å²) in [5.41, 5.74) is 1.28. The summed E-state index contributed by atoms with van der Waals surface area (Å²) in [6, 6.07) is 10.8. The van der Waals surface area contributed by atoms with E-state index in [9.17, 15) is 5.11 Å². The van der Waals surface area contributed by atoms with Gasteiger partial charge in [0.05, 0.1) is 6.61 Å². The van der Waals surface area contributed by atoms with Crippen LogP contribution in [0.3, 0.4) is 0 Å². The second kappa shape index (κ2) is 6.50. The molecule has 0 aromatic heterocycles. The Balaban J connectivity index is 1.77. The monoisotopic (exact) mass is 303 g/mol. The van der Waals surface area contributed by atoms with E-state index in [4.69, 9.17) is 9.47 Å². The van der Waals surface area contributed by atoms with Crippen molar-refractivity contribution in [3.05, 3.63) is 48.0 Å². The Morgan fingerprint density at radius 2 is 1.86 bits per heavy atom. The zero-order valence-electron chi connectivity index (χ0n) is 13.2. The predicted molar refractivity (Wildman–Crippen MR) is 85.4 cm³/mol. The van der Waals surface area contributed by atoms with Gasteiger partial charge >= 0.3 is 0 Å². The zero-order chi connectivity index (χ0) is 15.6. The van der Waals surface area contributed by atoms with Crippen LogP contribution in [0.5, 0.6) is 0 Å². The predicted octanol–water partition coefficient (Wildman–Crippen LogP) is 2.55. The molecule has 0 spiro atoms. The van der Waals surface area contributed by atoms with Gasteiger partial charge in [-0.25, -0.2) is 0 Å². The summed E-state index contributed by atoms with van der Waals surface area (Å²) in [5.74, 6) is -0.641. The second-order valence-electron chi connectivity index (χ2n) is 6.50. The van der Waals surface area contributed by atoms with Crippen LogP contribution in [0.2, 0.25) is 0 Å². The van der Waals surface area contributed by atoms with Crippen LogP contribution in [0, 0.1) is 0 Å². The van der Waals surface area contributed by atoms with Gasteiger partial charge in [-0.3, -0.25) is 0 Å². The number of aliphatic hydroxyl groups excluding tert-OH is 1. The zero-order valence-corrected chi connectivity index (χ0v) is 13.2. The molecule has 2 N–H and O–H groups in total. The quantitative estimate of drug-likeness (QED) is 0.843. The number of rotatable bonds is 3. The van der Waals surface area contributed by atoms with Crippen molar-refractivity contribution in [1.82, 2.24) is 5.32 Å². The van der Waals surface area contributed by atoms with Crippen LogP contribution in [-0.4, -0.2) is 35.8 Å². The van der Waals surface area contributed by atoms with Gasteiger partial charge in [-0.2, -0.15) is 0 Å². The van der Waals surface area contributed by atoms with E-state index in [1.807, 2.05) is 19.9 Å². The Labute approximate surface area is 132 Å². The van der Waals surface area contributed by atoms with Crippen LogP contribution in [0.1, 0.15) is 38.3 Å². The number of aliphatic hydroxyl groups is 1. The highest BCUT2D eigenvalue weighted by Crippen LogP contribution is 2.33. The summed E-state index contributed by atoms with van der Waals surface area (Å²) < 4.78 is 11.9. The Morgan fingerprint density at radius 1 is 1.14 bits per heavy atom. The lowest BCUT2D eigenvalue weighted by atomic mass is 10.00. The summed E-state index contributed by atoms with van der Waals surface area (Å²) in [6.45, 7) is 3.78. The molecule has 0 saturated carbocycles. The van der Waals surface area contributed by atoms with E-state index in [0.717, 1.165) is 12.8 Å². The normalized spacial score (nSPS) is 34.5. The smallest absolute Gasteiger partial charge is 0.163 e. The summed E-state index contributed by atoms with van der Waals surface area (Å²) in [7, 11) is 0. The molecule has 0 aliphatic carbocycles. The van der Waals surface area contributed by atoms with E-state index >= 15 is 0 Å². The lowest BCUT2D eigenvalue weighted by molar-refractivity contribution is -0.151. The van der Waals surface area contributed by atoms with E-state index < -0.39 is 5.79 Å². The molecule has 2 aliphatic heterocycles. The Hall–Kier alpha value is -1.20. The third-order valence-electron chi connectivity index (χ3n) is 4.34. The molecule has 1 aromatic rings. The molecule has 1 fully saturated rings. The highest BCUT2D eigenvalue weighted by Gasteiger charge is 2.45. The van der Waals surface area contributed by atoms with Crippen LogP contribution in [0.15, 0.2) is 42.5 Å². The molecule has 0 amide bonds. The van der Waals surface area contributed by atoms with Crippen molar-refractivity contribution in [3.63, 3.8) is 0 Å². The lowest BCUT2D eigenvalue weighted by Gasteiger charge is -2.29. The summed E-state index contributed by atoms with van der Waals surface area (Å²) in [5, 5.41) is 13.3. The molecule has 0 unspecified atom stereocenters. The van der Waals surface area contributed by atoms with Gasteiger partial charge in [0.2, 0.25) is 0 Å². The lowest BCUT2D eigenvalue weighted by Crippen LogP contribution is -2.46. The SMILES string of the molecule is CC1(C)O[C@@H]([C@@H]2CC=CC[C@@H](c3ccccc3)N2)[C@@H](CO)O1. The Morgan fingerprint density at radius 3 is 2.59 bits per heavy atom. The average molecular weight is 303 g/mol. The molecule has 3 rings (SSSR count). The summed E-state index contributed by atoms with van der Waals surface area (Å²) >= 11 is 0. The van der Waals surface area contributed by atoms with E-state index in [-0.39, 0.29) is 30.9 Å². The van der Waals surface area contributed by atoms with Gasteiger partial charge in [0.1, 0.15) is 12.2 Å². The van der Waals surface area contributed by atoms with Gasteiger partial charge in [-0.15, -0.1) is 0 Å². The number of ether oxygens (including phenoxy) is 2. The first-order valence-electron chi connectivity index (χ1n) is 8.01. The minimum Gasteiger partial charge on any atom is -0.394 e. The van der Waals surface area contributed by atoms with Crippen molar-refractivity contribution in [2.45, 2.75) is 56.8 Å². The first-order chi connectivity index (χ1) is 10.6. The molecule has 1 aromatic carbocycles. The van der Waals surface area contributed by atoms with Crippen molar-refractivity contribution in [1.29, 1.82) is 0 Å².